The Labute approximate surface area is 91.7 Å². The Morgan fingerprint density at radius 2 is 1.88 bits per heavy atom. The van der Waals surface area contributed by atoms with Crippen LogP contribution < -0.4 is 0 Å². The van der Waals surface area contributed by atoms with Crippen LogP contribution in [0.15, 0.2) is 29.4 Å². The van der Waals surface area contributed by atoms with Crippen LogP contribution in [0.5, 0.6) is 0 Å². The molecule has 84 valence electrons. The lowest BCUT2D eigenvalue weighted by molar-refractivity contribution is -0.384. The lowest BCUT2D eigenvalue weighted by Gasteiger charge is -1.98. The van der Waals surface area contributed by atoms with Crippen LogP contribution in [-0.2, 0) is 4.84 Å². The molecular formula is C10H10N2O4. The third kappa shape index (κ3) is 3.16. The number of oxime groups is 1. The Morgan fingerprint density at radius 1 is 1.31 bits per heavy atom. The molecule has 0 fully saturated rings. The van der Waals surface area contributed by atoms with Crippen molar-refractivity contribution in [1.29, 1.82) is 0 Å². The first-order valence-corrected chi connectivity index (χ1v) is 4.47. The van der Waals surface area contributed by atoms with Crippen molar-refractivity contribution >= 4 is 17.4 Å². The summed E-state index contributed by atoms with van der Waals surface area (Å²) in [6, 6.07) is 5.11. The molecule has 0 spiro atoms. The summed E-state index contributed by atoms with van der Waals surface area (Å²) in [7, 11) is 0. The second kappa shape index (κ2) is 5.01. The summed E-state index contributed by atoms with van der Waals surface area (Å²) in [5.41, 5.74) is 0.748. The first kappa shape index (κ1) is 11.8. The van der Waals surface area contributed by atoms with E-state index in [1.807, 2.05) is 0 Å². The number of benzene rings is 1. The maximum atomic E-state index is 11.3. The van der Waals surface area contributed by atoms with Gasteiger partial charge in [-0.2, -0.15) is 0 Å². The number of nitrogens with zero attached hydrogens (tertiary/aromatic N) is 2. The van der Waals surface area contributed by atoms with Crippen molar-refractivity contribution in [3.8, 4) is 0 Å². The smallest absolute Gasteiger partial charge is 0.313 e. The first-order chi connectivity index (χ1) is 7.50. The minimum absolute atomic E-state index is 0.0771. The van der Waals surface area contributed by atoms with Crippen LogP contribution in [0.3, 0.4) is 0 Å². The predicted octanol–water partition coefficient (Wildman–Crippen LogP) is 2.15. The Morgan fingerprint density at radius 3 is 2.31 bits per heavy atom. The molecule has 1 aromatic carbocycles. The molecule has 0 N–H and O–H groups in total. The maximum absolute atomic E-state index is 11.3. The fourth-order valence-corrected chi connectivity index (χ4v) is 0.905. The van der Waals surface area contributed by atoms with Gasteiger partial charge in [-0.15, -0.1) is 0 Å². The molecule has 0 amide bonds. The Balaban J connectivity index is 2.78. The molecule has 0 aliphatic carbocycles. The second-order valence-corrected chi connectivity index (χ2v) is 3.22. The zero-order valence-electron chi connectivity index (χ0n) is 8.84. The minimum Gasteiger partial charge on any atom is -0.313 e. The molecule has 6 nitrogen and oxygen atoms in total. The van der Waals surface area contributed by atoms with Gasteiger partial charge in [0.25, 0.3) is 5.69 Å². The lowest BCUT2D eigenvalue weighted by Crippen LogP contribution is -2.02. The van der Waals surface area contributed by atoms with Crippen molar-refractivity contribution in [1.82, 2.24) is 0 Å². The summed E-state index contributed by atoms with van der Waals surface area (Å²) >= 11 is 0. The largest absolute Gasteiger partial charge is 0.365 e. The fourth-order valence-electron chi connectivity index (χ4n) is 0.905. The molecule has 6 heteroatoms. The van der Waals surface area contributed by atoms with E-state index in [-0.39, 0.29) is 11.3 Å². The van der Waals surface area contributed by atoms with Crippen LogP contribution in [0.25, 0.3) is 0 Å². The summed E-state index contributed by atoms with van der Waals surface area (Å²) < 4.78 is 0. The van der Waals surface area contributed by atoms with Crippen LogP contribution in [0.4, 0.5) is 5.69 Å². The molecule has 0 unspecified atom stereocenters. The van der Waals surface area contributed by atoms with Crippen molar-refractivity contribution in [3.63, 3.8) is 0 Å². The van der Waals surface area contributed by atoms with Crippen molar-refractivity contribution in [2.45, 2.75) is 13.8 Å². The number of nitro groups is 1. The summed E-state index contributed by atoms with van der Waals surface area (Å²) in [5.74, 6) is -0.643. The zero-order chi connectivity index (χ0) is 12.1. The average Bonchev–Trinajstić information content (AvgIpc) is 2.26. The van der Waals surface area contributed by atoms with E-state index in [4.69, 9.17) is 0 Å². The molecule has 0 aromatic heterocycles. The van der Waals surface area contributed by atoms with E-state index in [2.05, 4.69) is 9.99 Å². The fraction of sp³-hybridized carbons (Fsp3) is 0.200. The summed E-state index contributed by atoms with van der Waals surface area (Å²) in [6.07, 6.45) is 0. The number of hydrogen-bond acceptors (Lipinski definition) is 5. The molecule has 0 bridgehead atoms. The maximum Gasteiger partial charge on any atom is 0.365 e. The summed E-state index contributed by atoms with van der Waals surface area (Å²) in [6.45, 7) is 3.37. The van der Waals surface area contributed by atoms with E-state index in [1.165, 1.54) is 24.3 Å². The molecule has 16 heavy (non-hydrogen) atoms. The van der Waals surface area contributed by atoms with E-state index in [0.717, 1.165) is 0 Å². The van der Waals surface area contributed by atoms with Crippen LogP contribution in [0, 0.1) is 10.1 Å². The highest BCUT2D eigenvalue weighted by Gasteiger charge is 2.10. The molecular weight excluding hydrogens is 212 g/mol. The number of carbonyl (C=O) groups excluding carboxylic acids is 1. The number of carbonyl (C=O) groups is 1. The monoisotopic (exact) mass is 222 g/mol. The number of hydrogen-bond donors (Lipinski definition) is 0. The second-order valence-electron chi connectivity index (χ2n) is 3.22. The Bertz CT molecular complexity index is 433. The predicted molar refractivity (Wildman–Crippen MR) is 57.3 cm³/mol. The highest BCUT2D eigenvalue weighted by Crippen LogP contribution is 2.12. The number of rotatable bonds is 3. The van der Waals surface area contributed by atoms with E-state index in [1.54, 1.807) is 13.8 Å². The molecule has 0 radical (unpaired) electrons. The molecule has 0 atom stereocenters. The van der Waals surface area contributed by atoms with E-state index in [0.29, 0.717) is 5.71 Å². The van der Waals surface area contributed by atoms with Crippen molar-refractivity contribution in [2.75, 3.05) is 0 Å². The zero-order valence-corrected chi connectivity index (χ0v) is 8.84. The van der Waals surface area contributed by atoms with Crippen LogP contribution in [-0.4, -0.2) is 16.6 Å². The van der Waals surface area contributed by atoms with E-state index in [9.17, 15) is 14.9 Å². The molecule has 0 heterocycles. The van der Waals surface area contributed by atoms with Crippen LogP contribution in [0.1, 0.15) is 24.2 Å². The van der Waals surface area contributed by atoms with Gasteiger partial charge < -0.3 is 4.84 Å². The number of non-ortho nitro benzene ring substituents is 1. The average molecular weight is 222 g/mol. The molecule has 1 rings (SSSR count). The van der Waals surface area contributed by atoms with Gasteiger partial charge in [-0.05, 0) is 26.0 Å². The molecule has 0 aliphatic rings. The Hall–Kier alpha value is -2.24. The van der Waals surface area contributed by atoms with Crippen molar-refractivity contribution < 1.29 is 14.6 Å². The lowest BCUT2D eigenvalue weighted by atomic mass is 10.2. The van der Waals surface area contributed by atoms with Gasteiger partial charge in [0.1, 0.15) is 0 Å². The molecule has 0 aliphatic heterocycles. The summed E-state index contributed by atoms with van der Waals surface area (Å²) in [4.78, 5) is 25.7. The SMILES string of the molecule is CC(C)=NOC(=O)c1ccc([N+](=O)[O-])cc1. The highest BCUT2D eigenvalue weighted by atomic mass is 16.7. The van der Waals surface area contributed by atoms with Gasteiger partial charge in [0.2, 0.25) is 0 Å². The van der Waals surface area contributed by atoms with Gasteiger partial charge in [-0.25, -0.2) is 4.79 Å². The normalized spacial score (nSPS) is 9.38. The minimum atomic E-state index is -0.643. The van der Waals surface area contributed by atoms with Gasteiger partial charge in [0.15, 0.2) is 0 Å². The standard InChI is InChI=1S/C10H10N2O4/c1-7(2)11-16-10(13)8-3-5-9(6-4-8)12(14)15/h3-6H,1-2H3. The van der Waals surface area contributed by atoms with Crippen molar-refractivity contribution in [3.05, 3.63) is 39.9 Å². The molecule has 0 saturated heterocycles. The van der Waals surface area contributed by atoms with Crippen LogP contribution in [0.2, 0.25) is 0 Å². The molecule has 1 aromatic rings. The first-order valence-electron chi connectivity index (χ1n) is 4.47. The van der Waals surface area contributed by atoms with Gasteiger partial charge in [0.05, 0.1) is 16.2 Å². The summed E-state index contributed by atoms with van der Waals surface area (Å²) in [5, 5.41) is 13.9. The van der Waals surface area contributed by atoms with Gasteiger partial charge in [0, 0.05) is 12.1 Å². The highest BCUT2D eigenvalue weighted by molar-refractivity contribution is 5.90. The third-order valence-corrected chi connectivity index (χ3v) is 1.62. The van der Waals surface area contributed by atoms with E-state index >= 15 is 0 Å². The quantitative estimate of drug-likeness (QED) is 0.339. The third-order valence-electron chi connectivity index (χ3n) is 1.62. The van der Waals surface area contributed by atoms with Gasteiger partial charge in [-0.3, -0.25) is 10.1 Å². The van der Waals surface area contributed by atoms with Crippen LogP contribution >= 0.6 is 0 Å². The van der Waals surface area contributed by atoms with Crippen molar-refractivity contribution in [2.24, 2.45) is 5.16 Å². The van der Waals surface area contributed by atoms with Gasteiger partial charge >= 0.3 is 5.97 Å². The topological polar surface area (TPSA) is 81.8 Å². The van der Waals surface area contributed by atoms with Gasteiger partial charge in [-0.1, -0.05) is 5.16 Å². The molecule has 0 saturated carbocycles. The number of nitro benzene ring substituents is 1. The Kier molecular flexibility index (Phi) is 3.71. The van der Waals surface area contributed by atoms with E-state index < -0.39 is 10.9 Å².